The smallest absolute Gasteiger partial charge is 0.141 e. The van der Waals surface area contributed by atoms with Gasteiger partial charge in [-0.3, -0.25) is 0 Å². The van der Waals surface area contributed by atoms with Crippen LogP contribution in [0.2, 0.25) is 0 Å². The van der Waals surface area contributed by atoms with E-state index in [-0.39, 0.29) is 11.8 Å². The molecule has 404 valence electrons. The Hall–Kier alpha value is -8.70. The van der Waals surface area contributed by atoms with Crippen LogP contribution < -0.4 is 0 Å². The van der Waals surface area contributed by atoms with Crippen molar-refractivity contribution < 1.29 is 15.3 Å². The van der Waals surface area contributed by atoms with Gasteiger partial charge in [0, 0.05) is 22.3 Å². The van der Waals surface area contributed by atoms with Crippen molar-refractivity contribution in [1.29, 1.82) is 0 Å². The lowest BCUT2D eigenvalue weighted by atomic mass is 9.63. The molecule has 0 aromatic heterocycles. The second-order valence-corrected chi connectivity index (χ2v) is 24.5. The van der Waals surface area contributed by atoms with Crippen molar-refractivity contribution in [2.45, 2.75) is 69.7 Å². The maximum absolute atomic E-state index is 13.8. The number of hydrogen-bond acceptors (Lipinski definition) is 3. The van der Waals surface area contributed by atoms with Crippen molar-refractivity contribution in [2.75, 3.05) is 0 Å². The molecule has 0 fully saturated rings. The quantitative estimate of drug-likeness (QED) is 0.135. The fraction of sp³-hybridized carbons (Fsp3) is 0.175. The normalized spacial score (nSPS) is 23.1. The molecule has 0 amide bonds. The van der Waals surface area contributed by atoms with Gasteiger partial charge < -0.3 is 15.3 Å². The fourth-order valence-corrected chi connectivity index (χ4v) is 15.8. The number of benzene rings is 9. The van der Waals surface area contributed by atoms with Gasteiger partial charge in [0.2, 0.25) is 0 Å². The van der Waals surface area contributed by atoms with E-state index in [1.54, 1.807) is 0 Å². The van der Waals surface area contributed by atoms with Gasteiger partial charge >= 0.3 is 0 Å². The van der Waals surface area contributed by atoms with E-state index in [4.69, 9.17) is 0 Å². The van der Waals surface area contributed by atoms with Crippen LogP contribution in [0.4, 0.5) is 0 Å². The van der Waals surface area contributed by atoms with Crippen LogP contribution >= 0.6 is 0 Å². The fourth-order valence-electron chi connectivity index (χ4n) is 15.8. The van der Waals surface area contributed by atoms with E-state index in [1.807, 2.05) is 24.3 Å². The summed E-state index contributed by atoms with van der Waals surface area (Å²) in [5.74, 6) is 0.758. The van der Waals surface area contributed by atoms with Gasteiger partial charge in [-0.05, 0) is 154 Å². The Kier molecular flexibility index (Phi) is 11.7. The van der Waals surface area contributed by atoms with Gasteiger partial charge in [-0.2, -0.15) is 0 Å². The standard InChI is InChI=1S/C80H66O3/c1-49(2)32-47-67-52(5)60-20-6-12-27-69(60)78(67,81)57-41-35-54(36-42-57)53-33-39-56(40-34-53)77(68-26-11-10-24-66(68)75-50(3)18-17-31-73(75)77)74-48-59(79(82)70-28-13-7-21-62(70)63-22-8-14-29-71(63)79)45-46-61(74)55-37-43-58(44-38-55)80(83)72-30-15-9-23-64(72)65-25-16-19-51(4)76(65)80/h6-17,20-51,81-83H,18-19H2,1-5H3. The maximum atomic E-state index is 13.8. The van der Waals surface area contributed by atoms with Crippen molar-refractivity contribution >= 4 is 16.7 Å². The molecular formula is C80H66O3. The van der Waals surface area contributed by atoms with Crippen LogP contribution in [0.3, 0.4) is 0 Å². The average Bonchev–Trinajstić information content (AvgIpc) is 1.81. The van der Waals surface area contributed by atoms with E-state index >= 15 is 0 Å². The molecule has 6 aliphatic carbocycles. The summed E-state index contributed by atoms with van der Waals surface area (Å²) in [6, 6.07) is 75.4. The summed E-state index contributed by atoms with van der Waals surface area (Å²) in [6.07, 6.45) is 15.3. The third-order valence-corrected chi connectivity index (χ3v) is 19.6. The molecule has 0 bridgehead atoms. The minimum Gasteiger partial charge on any atom is -0.376 e. The average molecular weight is 1080 g/mol. The highest BCUT2D eigenvalue weighted by molar-refractivity contribution is 5.93. The molecule has 0 spiro atoms. The molecule has 3 heteroatoms. The van der Waals surface area contributed by atoms with Gasteiger partial charge in [-0.25, -0.2) is 0 Å². The zero-order valence-electron chi connectivity index (χ0n) is 47.7. The van der Waals surface area contributed by atoms with Crippen LogP contribution in [0.5, 0.6) is 0 Å². The molecule has 9 aromatic carbocycles. The molecule has 0 heterocycles. The van der Waals surface area contributed by atoms with Crippen LogP contribution in [0.1, 0.15) is 120 Å². The number of aliphatic hydroxyl groups is 3. The van der Waals surface area contributed by atoms with Crippen molar-refractivity contribution in [3.63, 3.8) is 0 Å². The van der Waals surface area contributed by atoms with Crippen molar-refractivity contribution in [3.05, 3.63) is 338 Å². The van der Waals surface area contributed by atoms with Gasteiger partial charge in [0.05, 0.1) is 5.41 Å². The van der Waals surface area contributed by atoms with E-state index < -0.39 is 22.2 Å². The second kappa shape index (κ2) is 18.9. The Morgan fingerprint density at radius 2 is 0.892 bits per heavy atom. The monoisotopic (exact) mass is 1070 g/mol. The predicted octanol–water partition coefficient (Wildman–Crippen LogP) is 17.8. The highest BCUT2D eigenvalue weighted by Crippen LogP contribution is 2.62. The van der Waals surface area contributed by atoms with E-state index in [0.29, 0.717) is 5.92 Å². The Morgan fingerprint density at radius 1 is 0.422 bits per heavy atom. The van der Waals surface area contributed by atoms with Gasteiger partial charge in [0.1, 0.15) is 16.8 Å². The number of rotatable bonds is 9. The molecule has 3 N–H and O–H groups in total. The summed E-state index contributed by atoms with van der Waals surface area (Å²) >= 11 is 0. The summed E-state index contributed by atoms with van der Waals surface area (Å²) in [5.41, 5.74) is 21.1. The third-order valence-electron chi connectivity index (χ3n) is 19.6. The van der Waals surface area contributed by atoms with Gasteiger partial charge in [0.15, 0.2) is 0 Å². The summed E-state index contributed by atoms with van der Waals surface area (Å²) in [6.45, 7) is 11.1. The number of allylic oxidation sites excluding steroid dienone is 9. The molecule has 9 aromatic rings. The van der Waals surface area contributed by atoms with E-state index in [2.05, 4.69) is 259 Å². The van der Waals surface area contributed by atoms with E-state index in [9.17, 15) is 15.3 Å². The molecule has 83 heavy (non-hydrogen) atoms. The summed E-state index contributed by atoms with van der Waals surface area (Å²) in [4.78, 5) is 0. The molecule has 0 radical (unpaired) electrons. The lowest BCUT2D eigenvalue weighted by Gasteiger charge is -2.39. The zero-order chi connectivity index (χ0) is 56.6. The number of hydrogen-bond donors (Lipinski definition) is 3. The molecule has 3 nitrogen and oxygen atoms in total. The molecule has 0 saturated heterocycles. The van der Waals surface area contributed by atoms with Crippen LogP contribution in [-0.4, -0.2) is 15.3 Å². The van der Waals surface area contributed by atoms with Crippen molar-refractivity contribution in [1.82, 2.24) is 0 Å². The molecule has 5 atom stereocenters. The Bertz CT molecular complexity index is 4320. The van der Waals surface area contributed by atoms with Gasteiger partial charge in [-0.15, -0.1) is 0 Å². The first-order valence-electron chi connectivity index (χ1n) is 29.7. The lowest BCUT2D eigenvalue weighted by molar-refractivity contribution is 0.114. The SMILES string of the molecule is CC1=C(C=CC(C)C)C(O)(c2ccc(-c3ccc(C4(c5cc(C6(O)c7ccccc7-c7ccccc76)ccc5-c5ccc(C6(O)C7=C(C=CCC7C)c7ccccc76)cc5)C5=C(c6ccccc64)C(C)CC=C5)cc3)cc2)c2ccccc21. The minimum atomic E-state index is -1.45. The highest BCUT2D eigenvalue weighted by atomic mass is 16.3. The summed E-state index contributed by atoms with van der Waals surface area (Å²) in [7, 11) is 0. The Labute approximate surface area is 488 Å². The van der Waals surface area contributed by atoms with Crippen molar-refractivity contribution in [3.8, 4) is 33.4 Å². The van der Waals surface area contributed by atoms with Crippen molar-refractivity contribution in [2.24, 2.45) is 17.8 Å². The second-order valence-electron chi connectivity index (χ2n) is 24.5. The largest absolute Gasteiger partial charge is 0.376 e. The summed E-state index contributed by atoms with van der Waals surface area (Å²) in [5, 5.41) is 40.0. The predicted molar refractivity (Wildman–Crippen MR) is 339 cm³/mol. The molecular weight excluding hydrogens is 1010 g/mol. The minimum absolute atomic E-state index is 0.166. The first-order valence-corrected chi connectivity index (χ1v) is 29.7. The van der Waals surface area contributed by atoms with Crippen LogP contribution in [0.15, 0.2) is 265 Å². The molecule has 0 saturated carbocycles. The first-order chi connectivity index (χ1) is 40.4. The topological polar surface area (TPSA) is 60.7 Å². The molecule has 15 rings (SSSR count). The summed E-state index contributed by atoms with van der Waals surface area (Å²) < 4.78 is 0. The molecule has 6 aliphatic rings. The van der Waals surface area contributed by atoms with Gasteiger partial charge in [-0.1, -0.05) is 276 Å². The molecule has 5 unspecified atom stereocenters. The van der Waals surface area contributed by atoms with Crippen LogP contribution in [0.25, 0.3) is 50.1 Å². The zero-order valence-corrected chi connectivity index (χ0v) is 47.7. The van der Waals surface area contributed by atoms with Crippen LogP contribution in [0, 0.1) is 17.8 Å². The van der Waals surface area contributed by atoms with Gasteiger partial charge in [0.25, 0.3) is 0 Å². The van der Waals surface area contributed by atoms with E-state index in [0.717, 1.165) is 130 Å². The maximum Gasteiger partial charge on any atom is 0.141 e. The van der Waals surface area contributed by atoms with Crippen LogP contribution in [-0.2, 0) is 22.2 Å². The first kappa shape index (κ1) is 51.2. The Morgan fingerprint density at radius 3 is 1.51 bits per heavy atom. The number of fused-ring (bicyclic) bond motifs is 8. The third kappa shape index (κ3) is 7.15. The molecule has 0 aliphatic heterocycles. The lowest BCUT2D eigenvalue weighted by Crippen LogP contribution is -2.32. The highest BCUT2D eigenvalue weighted by Gasteiger charge is 2.52. The van der Waals surface area contributed by atoms with E-state index in [1.165, 1.54) is 22.3 Å². The Balaban J connectivity index is 0.928.